The number of aliphatic carboxylic acids is 1. The molecule has 2 unspecified atom stereocenters. The van der Waals surface area contributed by atoms with E-state index in [1.165, 1.54) is 0 Å². The molecule has 0 aromatic rings. The van der Waals surface area contributed by atoms with Crippen molar-refractivity contribution >= 4 is 12.0 Å². The van der Waals surface area contributed by atoms with E-state index in [2.05, 4.69) is 16.6 Å². The summed E-state index contributed by atoms with van der Waals surface area (Å²) >= 11 is 0. The molecule has 1 fully saturated rings. The van der Waals surface area contributed by atoms with Crippen LogP contribution in [-0.2, 0) is 9.53 Å². The van der Waals surface area contributed by atoms with Gasteiger partial charge in [-0.1, -0.05) is 0 Å². The lowest BCUT2D eigenvalue weighted by Crippen LogP contribution is -2.40. The predicted molar refractivity (Wildman–Crippen MR) is 69.6 cm³/mol. The van der Waals surface area contributed by atoms with E-state index in [9.17, 15) is 9.59 Å². The van der Waals surface area contributed by atoms with Gasteiger partial charge >= 0.3 is 12.0 Å². The average molecular weight is 268 g/mol. The van der Waals surface area contributed by atoms with E-state index >= 15 is 0 Å². The van der Waals surface area contributed by atoms with Gasteiger partial charge in [0.05, 0.1) is 6.10 Å². The van der Waals surface area contributed by atoms with Crippen molar-refractivity contribution in [1.29, 1.82) is 0 Å². The van der Waals surface area contributed by atoms with Crippen LogP contribution in [0.25, 0.3) is 0 Å². The highest BCUT2D eigenvalue weighted by Gasteiger charge is 2.30. The molecule has 6 heteroatoms. The fourth-order valence-electron chi connectivity index (χ4n) is 1.86. The largest absolute Gasteiger partial charge is 0.479 e. The molecule has 0 saturated carbocycles. The van der Waals surface area contributed by atoms with Crippen LogP contribution in [0.1, 0.15) is 32.1 Å². The van der Waals surface area contributed by atoms with Crippen molar-refractivity contribution in [3.63, 3.8) is 0 Å². The molecular formula is C13H20N2O4. The minimum atomic E-state index is -0.944. The normalized spacial score (nSPS) is 21.6. The van der Waals surface area contributed by atoms with E-state index in [1.807, 2.05) is 0 Å². The van der Waals surface area contributed by atoms with Gasteiger partial charge in [0.2, 0.25) is 0 Å². The molecule has 0 aromatic heterocycles. The van der Waals surface area contributed by atoms with Crippen molar-refractivity contribution in [1.82, 2.24) is 10.6 Å². The fourth-order valence-corrected chi connectivity index (χ4v) is 1.86. The summed E-state index contributed by atoms with van der Waals surface area (Å²) < 4.78 is 5.27. The first kappa shape index (κ1) is 15.3. The van der Waals surface area contributed by atoms with Crippen molar-refractivity contribution in [3.8, 4) is 12.3 Å². The number of carbonyl (C=O) groups excluding carboxylic acids is 1. The number of ether oxygens (including phenoxy) is 1. The Morgan fingerprint density at radius 1 is 1.32 bits per heavy atom. The van der Waals surface area contributed by atoms with E-state index in [0.717, 1.165) is 19.3 Å². The number of unbranched alkanes of at least 4 members (excludes halogenated alkanes) is 2. The Morgan fingerprint density at radius 3 is 2.74 bits per heavy atom. The van der Waals surface area contributed by atoms with E-state index in [-0.39, 0.29) is 12.1 Å². The maximum absolute atomic E-state index is 11.4. The van der Waals surface area contributed by atoms with Gasteiger partial charge in [-0.15, -0.1) is 12.3 Å². The van der Waals surface area contributed by atoms with E-state index in [4.69, 9.17) is 16.3 Å². The quantitative estimate of drug-likeness (QED) is 0.469. The lowest BCUT2D eigenvalue weighted by atomic mass is 10.2. The SMILES string of the molecule is C#CCCCCNC(=O)NCC1CCC(C(=O)O)O1. The first-order valence-electron chi connectivity index (χ1n) is 6.47. The highest BCUT2D eigenvalue weighted by atomic mass is 16.5. The van der Waals surface area contributed by atoms with Gasteiger partial charge in [0.1, 0.15) is 0 Å². The molecule has 106 valence electrons. The lowest BCUT2D eigenvalue weighted by molar-refractivity contribution is -0.149. The van der Waals surface area contributed by atoms with Gasteiger partial charge in [0.15, 0.2) is 6.10 Å². The van der Waals surface area contributed by atoms with E-state index in [1.54, 1.807) is 0 Å². The number of hydrogen-bond donors (Lipinski definition) is 3. The fraction of sp³-hybridized carbons (Fsp3) is 0.692. The number of terminal acetylenes is 1. The van der Waals surface area contributed by atoms with Crippen molar-refractivity contribution in [2.45, 2.75) is 44.3 Å². The number of urea groups is 1. The summed E-state index contributed by atoms with van der Waals surface area (Å²) in [6, 6.07) is -0.261. The number of amides is 2. The van der Waals surface area contributed by atoms with Crippen molar-refractivity contribution in [3.05, 3.63) is 0 Å². The summed E-state index contributed by atoms with van der Waals surface area (Å²) in [7, 11) is 0. The molecule has 19 heavy (non-hydrogen) atoms. The van der Waals surface area contributed by atoms with Crippen LogP contribution >= 0.6 is 0 Å². The second-order valence-electron chi connectivity index (χ2n) is 4.46. The summed E-state index contributed by atoms with van der Waals surface area (Å²) in [4.78, 5) is 22.1. The summed E-state index contributed by atoms with van der Waals surface area (Å²) in [5, 5.41) is 14.1. The number of carboxylic acid groups (broad SMARTS) is 1. The van der Waals surface area contributed by atoms with Crippen LogP contribution in [0.5, 0.6) is 0 Å². The standard InChI is InChI=1S/C13H20N2O4/c1-2-3-4-5-8-14-13(18)15-9-10-6-7-11(19-10)12(16)17/h1,10-11H,3-9H2,(H,16,17)(H2,14,15,18). The third-order valence-electron chi connectivity index (χ3n) is 2.91. The molecule has 1 aliphatic heterocycles. The van der Waals surface area contributed by atoms with Gasteiger partial charge in [-0.05, 0) is 25.7 Å². The molecule has 0 aromatic carbocycles. The van der Waals surface area contributed by atoms with E-state index < -0.39 is 12.1 Å². The van der Waals surface area contributed by atoms with E-state index in [0.29, 0.717) is 25.9 Å². The van der Waals surface area contributed by atoms with Crippen molar-refractivity contribution < 1.29 is 19.4 Å². The van der Waals surface area contributed by atoms with Gasteiger partial charge in [-0.25, -0.2) is 9.59 Å². The van der Waals surface area contributed by atoms with Crippen LogP contribution < -0.4 is 10.6 Å². The summed E-state index contributed by atoms with van der Waals surface area (Å²) in [5.74, 6) is 1.59. The highest BCUT2D eigenvalue weighted by molar-refractivity contribution is 5.74. The molecular weight excluding hydrogens is 248 g/mol. The second-order valence-corrected chi connectivity index (χ2v) is 4.46. The average Bonchev–Trinajstić information content (AvgIpc) is 2.85. The molecule has 1 rings (SSSR count). The molecule has 2 amide bonds. The molecule has 6 nitrogen and oxygen atoms in total. The van der Waals surface area contributed by atoms with Gasteiger partial charge in [-0.3, -0.25) is 0 Å². The zero-order chi connectivity index (χ0) is 14.1. The van der Waals surface area contributed by atoms with Crippen LogP contribution in [0, 0.1) is 12.3 Å². The van der Waals surface area contributed by atoms with Crippen molar-refractivity contribution in [2.75, 3.05) is 13.1 Å². The smallest absolute Gasteiger partial charge is 0.332 e. The number of carbonyl (C=O) groups is 2. The lowest BCUT2D eigenvalue weighted by Gasteiger charge is -2.12. The predicted octanol–water partition coefficient (Wildman–Crippen LogP) is 0.721. The molecule has 0 aliphatic carbocycles. The maximum atomic E-state index is 11.4. The van der Waals surface area contributed by atoms with Crippen LogP contribution in [0.3, 0.4) is 0 Å². The molecule has 1 saturated heterocycles. The molecule has 0 radical (unpaired) electrons. The molecule has 0 bridgehead atoms. The monoisotopic (exact) mass is 268 g/mol. The summed E-state index contributed by atoms with van der Waals surface area (Å²) in [6.45, 7) is 0.913. The molecule has 1 aliphatic rings. The minimum absolute atomic E-state index is 0.215. The Morgan fingerprint density at radius 2 is 2.11 bits per heavy atom. The van der Waals surface area contributed by atoms with Crippen LogP contribution in [0.2, 0.25) is 0 Å². The third-order valence-corrected chi connectivity index (χ3v) is 2.91. The van der Waals surface area contributed by atoms with Crippen LogP contribution in [0.15, 0.2) is 0 Å². The number of rotatable bonds is 7. The Hall–Kier alpha value is -1.74. The zero-order valence-corrected chi connectivity index (χ0v) is 10.9. The Kier molecular flexibility index (Phi) is 6.75. The minimum Gasteiger partial charge on any atom is -0.479 e. The summed E-state index contributed by atoms with van der Waals surface area (Å²) in [6.07, 6.45) is 7.77. The molecule has 2 atom stereocenters. The topological polar surface area (TPSA) is 87.7 Å². The first-order valence-corrected chi connectivity index (χ1v) is 6.47. The first-order chi connectivity index (χ1) is 9.13. The van der Waals surface area contributed by atoms with Gasteiger partial charge in [0.25, 0.3) is 0 Å². The van der Waals surface area contributed by atoms with Gasteiger partial charge < -0.3 is 20.5 Å². The Labute approximate surface area is 112 Å². The van der Waals surface area contributed by atoms with Gasteiger partial charge in [-0.2, -0.15) is 0 Å². The molecule has 0 spiro atoms. The zero-order valence-electron chi connectivity index (χ0n) is 10.9. The molecule has 3 N–H and O–H groups in total. The number of hydrogen-bond acceptors (Lipinski definition) is 3. The van der Waals surface area contributed by atoms with Crippen LogP contribution in [-0.4, -0.2) is 42.4 Å². The second kappa shape index (κ2) is 8.38. The number of carboxylic acids is 1. The van der Waals surface area contributed by atoms with Gasteiger partial charge in [0, 0.05) is 19.5 Å². The highest BCUT2D eigenvalue weighted by Crippen LogP contribution is 2.18. The number of nitrogens with one attached hydrogen (secondary N) is 2. The summed E-state index contributed by atoms with van der Waals surface area (Å²) in [5.41, 5.74) is 0. The maximum Gasteiger partial charge on any atom is 0.332 e. The molecule has 1 heterocycles. The Balaban J connectivity index is 2.05. The Bertz CT molecular complexity index is 351. The third kappa shape index (κ3) is 6.11. The van der Waals surface area contributed by atoms with Crippen molar-refractivity contribution in [2.24, 2.45) is 0 Å². The van der Waals surface area contributed by atoms with Crippen LogP contribution in [0.4, 0.5) is 4.79 Å².